The second-order valence-corrected chi connectivity index (χ2v) is 13.7. The van der Waals surface area contributed by atoms with Crippen molar-refractivity contribution in [3.05, 3.63) is 167 Å². The number of thiazole rings is 1. The van der Waals surface area contributed by atoms with Crippen LogP contribution in [0.5, 0.6) is 5.75 Å². The van der Waals surface area contributed by atoms with Crippen LogP contribution in [0.4, 0.5) is 0 Å². The third-order valence-electron chi connectivity index (χ3n) is 8.58. The van der Waals surface area contributed by atoms with Gasteiger partial charge in [-0.2, -0.15) is 5.10 Å². The van der Waals surface area contributed by atoms with Gasteiger partial charge in [0.25, 0.3) is 5.56 Å². The lowest BCUT2D eigenvalue weighted by Crippen LogP contribution is -2.39. The van der Waals surface area contributed by atoms with Gasteiger partial charge < -0.3 is 14.2 Å². The van der Waals surface area contributed by atoms with Gasteiger partial charge in [0, 0.05) is 17.3 Å². The van der Waals surface area contributed by atoms with Gasteiger partial charge in [0.05, 0.1) is 51.8 Å². The Morgan fingerprint density at radius 1 is 0.923 bits per heavy atom. The summed E-state index contributed by atoms with van der Waals surface area (Å²) in [4.78, 5) is 45.8. The number of halogens is 1. The minimum Gasteiger partial charge on any atom is -0.496 e. The van der Waals surface area contributed by atoms with Crippen molar-refractivity contribution >= 4 is 45.3 Å². The first-order valence-corrected chi connectivity index (χ1v) is 17.8. The number of ether oxygens (including phenoxy) is 3. The molecule has 10 nitrogen and oxygen atoms in total. The largest absolute Gasteiger partial charge is 0.496 e. The molecule has 1 unspecified atom stereocenters. The fraction of sp³-hybridized carbons (Fsp3) is 0.125. The Morgan fingerprint density at radius 2 is 1.63 bits per heavy atom. The number of hydrogen-bond acceptors (Lipinski definition) is 9. The molecule has 0 bridgehead atoms. The predicted octanol–water partition coefficient (Wildman–Crippen LogP) is 6.39. The second kappa shape index (κ2) is 14.8. The monoisotopic (exact) mass is 774 g/mol. The molecule has 6 aromatic rings. The van der Waals surface area contributed by atoms with Gasteiger partial charge in [-0.05, 0) is 82.5 Å². The second-order valence-electron chi connectivity index (χ2n) is 11.8. The lowest BCUT2D eigenvalue weighted by atomic mass is 9.95. The number of rotatable bonds is 9. The fourth-order valence-corrected chi connectivity index (χ4v) is 7.58. The summed E-state index contributed by atoms with van der Waals surface area (Å²) >= 11 is 4.80. The van der Waals surface area contributed by atoms with Crippen molar-refractivity contribution in [1.82, 2.24) is 14.3 Å². The first-order chi connectivity index (χ1) is 25.2. The highest BCUT2D eigenvalue weighted by Crippen LogP contribution is 2.33. The Bertz CT molecular complexity index is 2520. The topological polar surface area (TPSA) is 114 Å². The Kier molecular flexibility index (Phi) is 9.84. The summed E-state index contributed by atoms with van der Waals surface area (Å²) < 4.78 is 20.6. The number of fused-ring (bicyclic) bond motifs is 1. The van der Waals surface area contributed by atoms with Crippen LogP contribution in [0.15, 0.2) is 135 Å². The van der Waals surface area contributed by atoms with Crippen molar-refractivity contribution in [2.24, 2.45) is 4.99 Å². The summed E-state index contributed by atoms with van der Waals surface area (Å²) in [5, 5.41) is 4.93. The van der Waals surface area contributed by atoms with Crippen LogP contribution < -0.4 is 19.6 Å². The minimum absolute atomic E-state index is 0.0462. The average molecular weight is 776 g/mol. The van der Waals surface area contributed by atoms with Gasteiger partial charge in [-0.25, -0.2) is 19.3 Å². The van der Waals surface area contributed by atoms with E-state index in [9.17, 15) is 14.4 Å². The molecule has 1 atom stereocenters. The van der Waals surface area contributed by atoms with Gasteiger partial charge in [0.15, 0.2) is 4.80 Å². The van der Waals surface area contributed by atoms with Crippen LogP contribution in [-0.4, -0.2) is 40.5 Å². The number of para-hydroxylation sites is 1. The Hall–Kier alpha value is -5.85. The average Bonchev–Trinajstić information content (AvgIpc) is 3.73. The molecule has 0 fully saturated rings. The minimum atomic E-state index is -0.877. The van der Waals surface area contributed by atoms with Crippen molar-refractivity contribution in [1.29, 1.82) is 0 Å². The zero-order valence-electron chi connectivity index (χ0n) is 28.3. The molecule has 0 saturated heterocycles. The van der Waals surface area contributed by atoms with E-state index in [1.807, 2.05) is 85.1 Å². The molecule has 0 radical (unpaired) electrons. The first-order valence-electron chi connectivity index (χ1n) is 16.2. The van der Waals surface area contributed by atoms with Crippen molar-refractivity contribution < 1.29 is 23.8 Å². The van der Waals surface area contributed by atoms with E-state index in [1.165, 1.54) is 23.0 Å². The maximum absolute atomic E-state index is 14.5. The molecule has 260 valence electrons. The molecule has 0 spiro atoms. The lowest BCUT2D eigenvalue weighted by Gasteiger charge is -2.25. The van der Waals surface area contributed by atoms with Crippen molar-refractivity contribution in [3.63, 3.8) is 0 Å². The van der Waals surface area contributed by atoms with E-state index in [-0.39, 0.29) is 17.7 Å². The lowest BCUT2D eigenvalue weighted by molar-refractivity contribution is -0.140. The van der Waals surface area contributed by atoms with E-state index >= 15 is 0 Å². The molecule has 0 saturated carbocycles. The molecule has 12 heteroatoms. The molecule has 4 aromatic carbocycles. The number of carbonyl (C=O) groups excluding carboxylic acids is 2. The third-order valence-corrected chi connectivity index (χ3v) is 10.2. The molecular weight excluding hydrogens is 744 g/mol. The summed E-state index contributed by atoms with van der Waals surface area (Å²) in [5.41, 5.74) is 5.06. The zero-order valence-corrected chi connectivity index (χ0v) is 30.7. The van der Waals surface area contributed by atoms with Gasteiger partial charge in [-0.15, -0.1) is 0 Å². The van der Waals surface area contributed by atoms with Crippen LogP contribution in [0.3, 0.4) is 0 Å². The summed E-state index contributed by atoms with van der Waals surface area (Å²) in [7, 11) is 2.91. The van der Waals surface area contributed by atoms with Gasteiger partial charge in [0.2, 0.25) is 0 Å². The third kappa shape index (κ3) is 6.78. The molecule has 0 N–H and O–H groups in total. The molecule has 0 aliphatic carbocycles. The van der Waals surface area contributed by atoms with Gasteiger partial charge in [0.1, 0.15) is 18.1 Å². The number of nitrogens with zero attached hydrogens (tertiary/aromatic N) is 4. The summed E-state index contributed by atoms with van der Waals surface area (Å²) in [6, 6.07) is 30.5. The van der Waals surface area contributed by atoms with Gasteiger partial charge in [-0.3, -0.25) is 9.36 Å². The van der Waals surface area contributed by atoms with E-state index in [0.717, 1.165) is 21.3 Å². The normalized spacial score (nSPS) is 14.1. The van der Waals surface area contributed by atoms with Crippen molar-refractivity contribution in [3.8, 4) is 22.7 Å². The molecule has 3 heterocycles. The van der Waals surface area contributed by atoms with Gasteiger partial charge >= 0.3 is 11.9 Å². The summed E-state index contributed by atoms with van der Waals surface area (Å²) in [6.45, 7) is 1.78. The molecule has 1 aliphatic heterocycles. The van der Waals surface area contributed by atoms with Crippen LogP contribution >= 0.6 is 27.3 Å². The molecule has 2 aromatic heterocycles. The number of carbonyl (C=O) groups is 2. The zero-order chi connectivity index (χ0) is 36.4. The summed E-state index contributed by atoms with van der Waals surface area (Å²) in [6.07, 6.45) is 3.68. The van der Waals surface area contributed by atoms with Crippen LogP contribution in [0.25, 0.3) is 23.0 Å². The van der Waals surface area contributed by atoms with E-state index in [4.69, 9.17) is 24.3 Å². The quantitative estimate of drug-likeness (QED) is 0.157. The Balaban J connectivity index is 1.37. The van der Waals surface area contributed by atoms with Gasteiger partial charge in [-0.1, -0.05) is 72.0 Å². The predicted molar refractivity (Wildman–Crippen MR) is 201 cm³/mol. The molecule has 7 rings (SSSR count). The van der Waals surface area contributed by atoms with Crippen LogP contribution in [0.2, 0.25) is 0 Å². The number of esters is 2. The SMILES string of the molecule is COC(=O)c1ccc(C2C(C(=O)OCc3ccccc3)=C(C)N=c3sc(=Cc4cn(-c5ccccc5)nc4-c4ccc(OC)c(Br)c4)c(=O)n32)cc1. The van der Waals surface area contributed by atoms with Crippen LogP contribution in [0.1, 0.15) is 40.0 Å². The van der Waals surface area contributed by atoms with Crippen LogP contribution in [0, 0.1) is 0 Å². The molecule has 1 aliphatic rings. The Labute approximate surface area is 310 Å². The first kappa shape index (κ1) is 34.6. The molecule has 52 heavy (non-hydrogen) atoms. The number of aromatic nitrogens is 3. The maximum atomic E-state index is 14.5. The summed E-state index contributed by atoms with van der Waals surface area (Å²) in [5.74, 6) is -0.424. The van der Waals surface area contributed by atoms with E-state index in [2.05, 4.69) is 15.9 Å². The van der Waals surface area contributed by atoms with Crippen LogP contribution in [-0.2, 0) is 20.9 Å². The van der Waals surface area contributed by atoms with Crippen molar-refractivity contribution in [2.75, 3.05) is 14.2 Å². The fourth-order valence-electron chi connectivity index (χ4n) is 6.00. The van der Waals surface area contributed by atoms with E-state index in [1.54, 1.807) is 49.1 Å². The number of benzene rings is 4. The highest BCUT2D eigenvalue weighted by atomic mass is 79.9. The Morgan fingerprint density at radius 3 is 2.31 bits per heavy atom. The molecular formula is C40H31BrN4O6S. The highest BCUT2D eigenvalue weighted by Gasteiger charge is 2.34. The van der Waals surface area contributed by atoms with Crippen molar-refractivity contribution in [2.45, 2.75) is 19.6 Å². The van der Waals surface area contributed by atoms with E-state index in [0.29, 0.717) is 43.2 Å². The number of allylic oxidation sites excluding steroid dienone is 1. The van der Waals surface area contributed by atoms with E-state index < -0.39 is 18.0 Å². The highest BCUT2D eigenvalue weighted by molar-refractivity contribution is 9.10. The standard InChI is InChI=1S/C40H31BrN4O6S/c1-24-34(39(48)51-23-25-10-6-4-7-11-25)36(26-14-16-27(17-15-26)38(47)50-3)45-37(46)33(52-40(45)42-24)21-29-22-44(30-12-8-5-9-13-30)43-35(29)28-18-19-32(49-2)31(41)20-28/h4-22,36H,23H2,1-3H3. The number of hydrogen-bond donors (Lipinski definition) is 0. The number of methoxy groups -OCH3 is 2. The smallest absolute Gasteiger partial charge is 0.338 e. The molecule has 0 amide bonds. The maximum Gasteiger partial charge on any atom is 0.338 e.